The number of aryl methyl sites for hydroxylation is 2. The molecule has 2 aromatic rings. The molecule has 0 N–H and O–H groups in total. The third kappa shape index (κ3) is 3.16. The first-order chi connectivity index (χ1) is 9.08. The Morgan fingerprint density at radius 3 is 2.53 bits per heavy atom. The van der Waals surface area contributed by atoms with Crippen LogP contribution in [-0.2, 0) is 0 Å². The van der Waals surface area contributed by atoms with Gasteiger partial charge in [-0.15, -0.1) is 0 Å². The summed E-state index contributed by atoms with van der Waals surface area (Å²) in [5.41, 5.74) is 3.34. The first-order valence-electron chi connectivity index (χ1n) is 6.12. The zero-order valence-electron chi connectivity index (χ0n) is 11.0. The molecular formula is C17H15FO. The minimum absolute atomic E-state index is 0.100. The summed E-state index contributed by atoms with van der Waals surface area (Å²) in [5.74, 6) is -0.809. The van der Waals surface area contributed by atoms with Gasteiger partial charge >= 0.3 is 0 Å². The molecule has 0 aliphatic carbocycles. The van der Waals surface area contributed by atoms with Gasteiger partial charge in [0.05, 0.1) is 5.56 Å². The van der Waals surface area contributed by atoms with Crippen LogP contribution in [0.2, 0.25) is 0 Å². The second-order valence-electron chi connectivity index (χ2n) is 4.54. The summed E-state index contributed by atoms with van der Waals surface area (Å²) >= 11 is 0. The van der Waals surface area contributed by atoms with Crippen molar-refractivity contribution in [2.24, 2.45) is 0 Å². The van der Waals surface area contributed by atoms with E-state index in [4.69, 9.17) is 0 Å². The number of benzene rings is 2. The highest BCUT2D eigenvalue weighted by molar-refractivity contribution is 6.07. The van der Waals surface area contributed by atoms with Gasteiger partial charge in [-0.25, -0.2) is 4.39 Å². The van der Waals surface area contributed by atoms with E-state index in [1.54, 1.807) is 18.2 Å². The zero-order chi connectivity index (χ0) is 13.8. The van der Waals surface area contributed by atoms with Crippen LogP contribution in [0, 0.1) is 19.7 Å². The minimum Gasteiger partial charge on any atom is -0.289 e. The zero-order valence-corrected chi connectivity index (χ0v) is 11.0. The molecule has 0 heterocycles. The first-order valence-corrected chi connectivity index (χ1v) is 6.12. The lowest BCUT2D eigenvalue weighted by atomic mass is 10.0. The molecule has 0 spiro atoms. The molecule has 0 atom stereocenters. The van der Waals surface area contributed by atoms with Gasteiger partial charge in [0.25, 0.3) is 0 Å². The predicted molar refractivity (Wildman–Crippen MR) is 75.7 cm³/mol. The van der Waals surface area contributed by atoms with Crippen LogP contribution in [0.1, 0.15) is 27.0 Å². The van der Waals surface area contributed by atoms with Gasteiger partial charge in [0, 0.05) is 0 Å². The fourth-order valence-corrected chi connectivity index (χ4v) is 1.93. The Morgan fingerprint density at radius 2 is 1.84 bits per heavy atom. The summed E-state index contributed by atoms with van der Waals surface area (Å²) in [7, 11) is 0. The van der Waals surface area contributed by atoms with Crippen LogP contribution in [0.5, 0.6) is 0 Å². The molecule has 1 nitrogen and oxygen atoms in total. The number of carbonyl (C=O) groups is 1. The van der Waals surface area contributed by atoms with Gasteiger partial charge in [-0.2, -0.15) is 0 Å². The average molecular weight is 254 g/mol. The molecule has 0 unspecified atom stereocenters. The van der Waals surface area contributed by atoms with Crippen LogP contribution in [-0.4, -0.2) is 5.78 Å². The van der Waals surface area contributed by atoms with Crippen LogP contribution in [0.25, 0.3) is 6.08 Å². The van der Waals surface area contributed by atoms with Gasteiger partial charge in [0.1, 0.15) is 5.82 Å². The van der Waals surface area contributed by atoms with E-state index in [0.29, 0.717) is 0 Å². The van der Waals surface area contributed by atoms with Gasteiger partial charge in [-0.3, -0.25) is 4.79 Å². The number of ketones is 1. The minimum atomic E-state index is -0.488. The standard InChI is InChI=1S/C17H15FO/c1-12-7-8-14(13(2)11-12)9-10-17(19)15-5-3-4-6-16(15)18/h3-11H,1-2H3/b10-9+. The highest BCUT2D eigenvalue weighted by Crippen LogP contribution is 2.14. The van der Waals surface area contributed by atoms with Crippen LogP contribution >= 0.6 is 0 Å². The summed E-state index contributed by atoms with van der Waals surface area (Å²) in [6.07, 6.45) is 3.14. The van der Waals surface area contributed by atoms with E-state index in [2.05, 4.69) is 0 Å². The second kappa shape index (κ2) is 5.61. The van der Waals surface area contributed by atoms with E-state index in [9.17, 15) is 9.18 Å². The number of hydrogen-bond acceptors (Lipinski definition) is 1. The number of carbonyl (C=O) groups excluding carboxylic acids is 1. The molecule has 96 valence electrons. The lowest BCUT2D eigenvalue weighted by molar-refractivity contribution is 0.104. The summed E-state index contributed by atoms with van der Waals surface area (Å²) in [6, 6.07) is 12.0. The van der Waals surface area contributed by atoms with Crippen molar-refractivity contribution in [3.63, 3.8) is 0 Å². The fraction of sp³-hybridized carbons (Fsp3) is 0.118. The molecule has 0 aliphatic heterocycles. The van der Waals surface area contributed by atoms with E-state index in [0.717, 1.165) is 11.1 Å². The van der Waals surface area contributed by atoms with Crippen molar-refractivity contribution in [3.8, 4) is 0 Å². The molecule has 0 saturated heterocycles. The van der Waals surface area contributed by atoms with E-state index in [1.807, 2.05) is 32.0 Å². The third-order valence-corrected chi connectivity index (χ3v) is 2.98. The SMILES string of the molecule is Cc1ccc(/C=C/C(=O)c2ccccc2F)c(C)c1. The number of rotatable bonds is 3. The van der Waals surface area contributed by atoms with Crippen LogP contribution in [0.4, 0.5) is 4.39 Å². The van der Waals surface area contributed by atoms with E-state index in [1.165, 1.54) is 23.8 Å². The molecule has 19 heavy (non-hydrogen) atoms. The second-order valence-corrected chi connectivity index (χ2v) is 4.54. The number of hydrogen-bond donors (Lipinski definition) is 0. The molecule has 0 radical (unpaired) electrons. The Labute approximate surface area is 112 Å². The first kappa shape index (κ1) is 13.2. The summed E-state index contributed by atoms with van der Waals surface area (Å²) in [4.78, 5) is 11.9. The van der Waals surface area contributed by atoms with Crippen molar-refractivity contribution < 1.29 is 9.18 Å². The normalized spacial score (nSPS) is 10.9. The van der Waals surface area contributed by atoms with Crippen molar-refractivity contribution >= 4 is 11.9 Å². The fourth-order valence-electron chi connectivity index (χ4n) is 1.93. The molecule has 0 saturated carbocycles. The molecule has 0 fully saturated rings. The topological polar surface area (TPSA) is 17.1 Å². The van der Waals surface area contributed by atoms with Gasteiger partial charge < -0.3 is 0 Å². The Bertz CT molecular complexity index is 641. The van der Waals surface area contributed by atoms with Crippen molar-refractivity contribution in [3.05, 3.63) is 76.6 Å². The monoisotopic (exact) mass is 254 g/mol. The van der Waals surface area contributed by atoms with Gasteiger partial charge in [0.2, 0.25) is 0 Å². The number of allylic oxidation sites excluding steroid dienone is 1. The molecule has 0 amide bonds. The van der Waals surface area contributed by atoms with Gasteiger partial charge in [-0.1, -0.05) is 42.0 Å². The largest absolute Gasteiger partial charge is 0.289 e. The van der Waals surface area contributed by atoms with Crippen LogP contribution in [0.15, 0.2) is 48.5 Å². The molecular weight excluding hydrogens is 239 g/mol. The van der Waals surface area contributed by atoms with Crippen LogP contribution in [0.3, 0.4) is 0 Å². The molecule has 2 aromatic carbocycles. The van der Waals surface area contributed by atoms with Gasteiger partial charge in [0.15, 0.2) is 5.78 Å². The van der Waals surface area contributed by atoms with Crippen molar-refractivity contribution in [1.82, 2.24) is 0 Å². The van der Waals surface area contributed by atoms with Crippen molar-refractivity contribution in [2.75, 3.05) is 0 Å². The highest BCUT2D eigenvalue weighted by Gasteiger charge is 2.07. The lowest BCUT2D eigenvalue weighted by Crippen LogP contribution is -1.97. The molecule has 2 rings (SSSR count). The highest BCUT2D eigenvalue weighted by atomic mass is 19.1. The van der Waals surface area contributed by atoms with Crippen molar-refractivity contribution in [1.29, 1.82) is 0 Å². The average Bonchev–Trinajstić information content (AvgIpc) is 2.38. The lowest BCUT2D eigenvalue weighted by Gasteiger charge is -2.02. The smallest absolute Gasteiger partial charge is 0.188 e. The number of halogens is 1. The maximum atomic E-state index is 13.4. The summed E-state index contributed by atoms with van der Waals surface area (Å²) in [5, 5.41) is 0. The summed E-state index contributed by atoms with van der Waals surface area (Å²) in [6.45, 7) is 4.01. The van der Waals surface area contributed by atoms with E-state index < -0.39 is 5.82 Å². The molecule has 0 aliphatic rings. The maximum Gasteiger partial charge on any atom is 0.188 e. The Kier molecular flexibility index (Phi) is 3.91. The van der Waals surface area contributed by atoms with Crippen molar-refractivity contribution in [2.45, 2.75) is 13.8 Å². The van der Waals surface area contributed by atoms with Gasteiger partial charge in [-0.05, 0) is 43.2 Å². The summed E-state index contributed by atoms with van der Waals surface area (Å²) < 4.78 is 13.4. The van der Waals surface area contributed by atoms with E-state index in [-0.39, 0.29) is 11.3 Å². The van der Waals surface area contributed by atoms with Crippen LogP contribution < -0.4 is 0 Å². The Morgan fingerprint density at radius 1 is 1.11 bits per heavy atom. The molecule has 0 bridgehead atoms. The Hall–Kier alpha value is -2.22. The predicted octanol–water partition coefficient (Wildman–Crippen LogP) is 4.34. The third-order valence-electron chi connectivity index (χ3n) is 2.98. The maximum absolute atomic E-state index is 13.4. The molecule has 2 heteroatoms. The quantitative estimate of drug-likeness (QED) is 0.588. The molecule has 0 aromatic heterocycles. The Balaban J connectivity index is 2.24. The van der Waals surface area contributed by atoms with E-state index >= 15 is 0 Å².